The van der Waals surface area contributed by atoms with Gasteiger partial charge in [-0.1, -0.05) is 0 Å². The van der Waals surface area contributed by atoms with Crippen LogP contribution < -0.4 is 0 Å². The molecule has 0 atom stereocenters. The summed E-state index contributed by atoms with van der Waals surface area (Å²) in [6, 6.07) is 0.747. The van der Waals surface area contributed by atoms with Crippen LogP contribution in [0.15, 0.2) is 20.0 Å². The Bertz CT molecular complexity index is 343. The van der Waals surface area contributed by atoms with Crippen LogP contribution in [0.1, 0.15) is 69.2 Å². The third-order valence-corrected chi connectivity index (χ3v) is 1.83. The van der Waals surface area contributed by atoms with Gasteiger partial charge >= 0.3 is 0 Å². The smallest absolute Gasteiger partial charge is 0.0524 e. The molecule has 23 heavy (non-hydrogen) atoms. The van der Waals surface area contributed by atoms with Gasteiger partial charge in [0.1, 0.15) is 0 Å². The second kappa shape index (κ2) is 13.6. The molecule has 0 aliphatic rings. The fraction of sp³-hybridized carbons (Fsp3) is 0.778. The van der Waals surface area contributed by atoms with E-state index >= 15 is 0 Å². The van der Waals surface area contributed by atoms with Crippen LogP contribution in [0.3, 0.4) is 0 Å². The number of nitrogens with zero attached hydrogens (tertiary/aromatic N) is 4. The summed E-state index contributed by atoms with van der Waals surface area (Å²) in [5, 5.41) is 0. The summed E-state index contributed by atoms with van der Waals surface area (Å²) in [5.74, 6) is 0. The molecule has 0 aliphatic heterocycles. The zero-order valence-electron chi connectivity index (χ0n) is 16.6. The summed E-state index contributed by atoms with van der Waals surface area (Å²) in [6.07, 6.45) is 7.05. The zero-order valence-corrected chi connectivity index (χ0v) is 17.5. The molecule has 0 aromatic heterocycles. The Kier molecular flexibility index (Phi) is 16.0. The Morgan fingerprint density at radius 3 is 1.00 bits per heavy atom. The van der Waals surface area contributed by atoms with Crippen molar-refractivity contribution in [2.45, 2.75) is 92.4 Å². The Morgan fingerprint density at radius 1 is 0.565 bits per heavy atom. The quantitative estimate of drug-likeness (QED) is 0.509. The van der Waals surface area contributed by atoms with E-state index in [1.54, 1.807) is 24.9 Å². The normalized spacial score (nSPS) is 13.4. The van der Waals surface area contributed by atoms with Crippen molar-refractivity contribution < 1.29 is 17.1 Å². The van der Waals surface area contributed by atoms with Crippen molar-refractivity contribution >= 4 is 24.9 Å². The SMILES string of the molecule is CC(C)(C)N=CC=NC(C)(C)C.CC(C)N=CC=NC(C)C.[Cu]. The van der Waals surface area contributed by atoms with Crippen LogP contribution in [-0.2, 0) is 17.1 Å². The number of hydrogen-bond donors (Lipinski definition) is 0. The molecule has 0 saturated heterocycles. The molecule has 0 bridgehead atoms. The summed E-state index contributed by atoms with van der Waals surface area (Å²) in [5.41, 5.74) is 0.00775. The molecule has 0 aromatic carbocycles. The predicted molar refractivity (Wildman–Crippen MR) is 104 cm³/mol. The first-order valence-corrected chi connectivity index (χ1v) is 7.97. The van der Waals surface area contributed by atoms with E-state index in [1.807, 2.05) is 27.7 Å². The van der Waals surface area contributed by atoms with Crippen molar-refractivity contribution in [2.75, 3.05) is 0 Å². The van der Waals surface area contributed by atoms with E-state index in [9.17, 15) is 0 Å². The molecule has 0 saturated carbocycles. The minimum atomic E-state index is 0. The molecule has 0 heterocycles. The van der Waals surface area contributed by atoms with Gasteiger partial charge in [0.25, 0.3) is 0 Å². The van der Waals surface area contributed by atoms with Gasteiger partial charge in [0.2, 0.25) is 0 Å². The van der Waals surface area contributed by atoms with Crippen molar-refractivity contribution in [3.05, 3.63) is 0 Å². The second-order valence-corrected chi connectivity index (χ2v) is 7.68. The van der Waals surface area contributed by atoms with E-state index in [-0.39, 0.29) is 28.1 Å². The average Bonchev–Trinajstić information content (AvgIpc) is 2.28. The third kappa shape index (κ3) is 33.8. The van der Waals surface area contributed by atoms with Gasteiger partial charge in [0.15, 0.2) is 0 Å². The Balaban J connectivity index is -0.000000338. The summed E-state index contributed by atoms with van der Waals surface area (Å²) < 4.78 is 0. The summed E-state index contributed by atoms with van der Waals surface area (Å²) in [6.45, 7) is 20.5. The fourth-order valence-electron chi connectivity index (χ4n) is 0.935. The molecule has 0 aliphatic carbocycles. The molecule has 1 radical (unpaired) electrons. The molecule has 0 fully saturated rings. The Hall–Kier alpha value is -0.801. The van der Waals surface area contributed by atoms with Gasteiger partial charge in [-0.3, -0.25) is 20.0 Å². The van der Waals surface area contributed by atoms with E-state index in [1.165, 1.54) is 0 Å². The van der Waals surface area contributed by atoms with Gasteiger partial charge in [0, 0.05) is 54.0 Å². The first-order chi connectivity index (χ1) is 9.83. The minimum absolute atomic E-state index is 0. The number of rotatable bonds is 4. The molecule has 0 unspecified atom stereocenters. The Labute approximate surface area is 154 Å². The van der Waals surface area contributed by atoms with Crippen molar-refractivity contribution in [1.82, 2.24) is 0 Å². The summed E-state index contributed by atoms with van der Waals surface area (Å²) in [7, 11) is 0. The molecule has 0 aromatic rings. The summed E-state index contributed by atoms with van der Waals surface area (Å²) in [4.78, 5) is 16.8. The van der Waals surface area contributed by atoms with Crippen LogP contribution in [0.25, 0.3) is 0 Å². The van der Waals surface area contributed by atoms with Crippen molar-refractivity contribution in [3.63, 3.8) is 0 Å². The standard InChI is InChI=1S/C10H20N2.C8H16N2.Cu/c1-9(2,3)11-7-8-12-10(4,5)6;1-7(2)9-5-6-10-8(3)4;/h7-8H,1-6H3;5-8H,1-4H3;. The van der Waals surface area contributed by atoms with E-state index < -0.39 is 0 Å². The maximum atomic E-state index is 4.29. The van der Waals surface area contributed by atoms with Crippen LogP contribution >= 0.6 is 0 Å². The summed E-state index contributed by atoms with van der Waals surface area (Å²) >= 11 is 0. The molecule has 139 valence electrons. The van der Waals surface area contributed by atoms with Crippen LogP contribution in [0.5, 0.6) is 0 Å². The molecule has 0 amide bonds. The Morgan fingerprint density at radius 2 is 0.826 bits per heavy atom. The van der Waals surface area contributed by atoms with Crippen LogP contribution in [0.4, 0.5) is 0 Å². The first-order valence-electron chi connectivity index (χ1n) is 7.97. The maximum Gasteiger partial charge on any atom is 0.0524 e. The fourth-order valence-corrected chi connectivity index (χ4v) is 0.935. The second-order valence-electron chi connectivity index (χ2n) is 7.68. The monoisotopic (exact) mass is 371 g/mol. The molecule has 0 spiro atoms. The van der Waals surface area contributed by atoms with Gasteiger partial charge in [-0.05, 0) is 69.2 Å². The van der Waals surface area contributed by atoms with Crippen molar-refractivity contribution in [1.29, 1.82) is 0 Å². The van der Waals surface area contributed by atoms with Crippen LogP contribution in [-0.4, -0.2) is 48.0 Å². The van der Waals surface area contributed by atoms with Gasteiger partial charge in [0.05, 0.1) is 11.1 Å². The van der Waals surface area contributed by atoms with Crippen LogP contribution in [0, 0.1) is 0 Å². The topological polar surface area (TPSA) is 49.4 Å². The molecule has 5 heteroatoms. The molecule has 0 rings (SSSR count). The third-order valence-electron chi connectivity index (χ3n) is 1.83. The van der Waals surface area contributed by atoms with Crippen LogP contribution in [0.2, 0.25) is 0 Å². The number of aliphatic imine (C=N–C) groups is 4. The van der Waals surface area contributed by atoms with Gasteiger partial charge in [-0.25, -0.2) is 0 Å². The van der Waals surface area contributed by atoms with E-state index in [0.717, 1.165) is 0 Å². The van der Waals surface area contributed by atoms with Gasteiger partial charge in [-0.15, -0.1) is 0 Å². The molecular weight excluding hydrogens is 336 g/mol. The molecule has 4 nitrogen and oxygen atoms in total. The van der Waals surface area contributed by atoms with Gasteiger partial charge < -0.3 is 0 Å². The molecular formula is C18H36CuN4. The maximum absolute atomic E-state index is 4.29. The largest absolute Gasteiger partial charge is 0.289 e. The minimum Gasteiger partial charge on any atom is -0.289 e. The number of hydrogen-bond acceptors (Lipinski definition) is 4. The van der Waals surface area contributed by atoms with E-state index in [0.29, 0.717) is 12.1 Å². The van der Waals surface area contributed by atoms with Crippen molar-refractivity contribution in [3.8, 4) is 0 Å². The van der Waals surface area contributed by atoms with E-state index in [2.05, 4.69) is 61.5 Å². The first kappa shape index (κ1) is 27.1. The van der Waals surface area contributed by atoms with Gasteiger partial charge in [-0.2, -0.15) is 0 Å². The average molecular weight is 372 g/mol. The predicted octanol–water partition coefficient (Wildman–Crippen LogP) is 4.67. The van der Waals surface area contributed by atoms with Crippen molar-refractivity contribution in [2.24, 2.45) is 20.0 Å². The van der Waals surface area contributed by atoms with E-state index in [4.69, 9.17) is 0 Å². The zero-order chi connectivity index (χ0) is 17.8. The molecule has 0 N–H and O–H groups in total.